The minimum absolute atomic E-state index is 0.0265. The van der Waals surface area contributed by atoms with Gasteiger partial charge in [0, 0.05) is 12.6 Å². The van der Waals surface area contributed by atoms with Gasteiger partial charge in [0.25, 0.3) is 0 Å². The first-order chi connectivity index (χ1) is 8.91. The fourth-order valence-electron chi connectivity index (χ4n) is 1.98. The van der Waals surface area contributed by atoms with Crippen molar-refractivity contribution in [3.63, 3.8) is 0 Å². The van der Waals surface area contributed by atoms with Gasteiger partial charge in [-0.25, -0.2) is 13.2 Å². The number of nitrogens with zero attached hydrogens (tertiary/aromatic N) is 1. The van der Waals surface area contributed by atoms with Crippen LogP contribution < -0.4 is 0 Å². The Morgan fingerprint density at radius 2 is 2.00 bits per heavy atom. The van der Waals surface area contributed by atoms with E-state index in [4.69, 9.17) is 4.74 Å². The minimum Gasteiger partial charge on any atom is -0.464 e. The number of benzene rings is 1. The smallest absolute Gasteiger partial charge is 0.332 e. The van der Waals surface area contributed by atoms with Crippen molar-refractivity contribution in [1.82, 2.24) is 4.31 Å². The van der Waals surface area contributed by atoms with E-state index in [0.717, 1.165) is 4.31 Å². The number of ketones is 1. The number of carbonyl (C=O) groups is 2. The predicted molar refractivity (Wildman–Crippen MR) is 66.1 cm³/mol. The van der Waals surface area contributed by atoms with E-state index < -0.39 is 27.8 Å². The molecule has 1 aliphatic rings. The van der Waals surface area contributed by atoms with Crippen LogP contribution in [0.1, 0.15) is 17.3 Å². The molecule has 0 fully saturated rings. The second kappa shape index (κ2) is 4.75. The van der Waals surface area contributed by atoms with Crippen molar-refractivity contribution in [2.24, 2.45) is 0 Å². The normalized spacial score (nSPS) is 21.8. The van der Waals surface area contributed by atoms with Gasteiger partial charge in [-0.3, -0.25) is 4.79 Å². The van der Waals surface area contributed by atoms with E-state index in [9.17, 15) is 18.0 Å². The molecule has 6 nitrogen and oxygen atoms in total. The van der Waals surface area contributed by atoms with Gasteiger partial charge >= 0.3 is 5.97 Å². The first-order valence-corrected chi connectivity index (χ1v) is 7.13. The lowest BCUT2D eigenvalue weighted by atomic mass is 10.0. The maximum Gasteiger partial charge on any atom is 0.332 e. The van der Waals surface area contributed by atoms with Crippen molar-refractivity contribution in [3.05, 3.63) is 29.8 Å². The number of hydrogen-bond acceptors (Lipinski definition) is 5. The van der Waals surface area contributed by atoms with Crippen LogP contribution in [-0.2, 0) is 19.6 Å². The number of fused-ring (bicyclic) bond motifs is 1. The molecule has 0 spiro atoms. The molecule has 0 unspecified atom stereocenters. The molecule has 0 saturated heterocycles. The zero-order valence-corrected chi connectivity index (χ0v) is 11.3. The van der Waals surface area contributed by atoms with Crippen molar-refractivity contribution >= 4 is 21.8 Å². The quantitative estimate of drug-likeness (QED) is 0.581. The summed E-state index contributed by atoms with van der Waals surface area (Å²) >= 11 is 0. The monoisotopic (exact) mass is 283 g/mol. The standard InChI is InChI=1S/C12H13NO5S/c1-3-18-12(15)10-11(14)8-6-4-5-7-9(8)19(16,17)13(10)2/h4-7,10H,3H2,1-2H3/t10-/m1/s1. The summed E-state index contributed by atoms with van der Waals surface area (Å²) in [7, 11) is -2.66. The molecule has 1 aliphatic heterocycles. The summed E-state index contributed by atoms with van der Waals surface area (Å²) in [5, 5.41) is 0. The fourth-order valence-corrected chi connectivity index (χ4v) is 3.44. The molecule has 0 aliphatic carbocycles. The van der Waals surface area contributed by atoms with Crippen LogP contribution in [0.2, 0.25) is 0 Å². The van der Waals surface area contributed by atoms with Gasteiger partial charge in [0.05, 0.1) is 11.5 Å². The molecule has 102 valence electrons. The van der Waals surface area contributed by atoms with Crippen molar-refractivity contribution in [2.75, 3.05) is 13.7 Å². The van der Waals surface area contributed by atoms with Crippen LogP contribution in [0.15, 0.2) is 29.2 Å². The zero-order chi connectivity index (χ0) is 14.2. The molecule has 1 aromatic rings. The Morgan fingerprint density at radius 1 is 1.37 bits per heavy atom. The van der Waals surface area contributed by atoms with Crippen molar-refractivity contribution in [3.8, 4) is 0 Å². The van der Waals surface area contributed by atoms with Crippen LogP contribution in [0.25, 0.3) is 0 Å². The highest BCUT2D eigenvalue weighted by molar-refractivity contribution is 7.89. The van der Waals surface area contributed by atoms with Crippen LogP contribution in [0, 0.1) is 0 Å². The van der Waals surface area contributed by atoms with Gasteiger partial charge in [-0.05, 0) is 19.1 Å². The van der Waals surface area contributed by atoms with Gasteiger partial charge in [-0.2, -0.15) is 4.31 Å². The van der Waals surface area contributed by atoms with Gasteiger partial charge in [-0.1, -0.05) is 12.1 Å². The molecule has 7 heteroatoms. The summed E-state index contributed by atoms with van der Waals surface area (Å²) in [5.74, 6) is -1.42. The van der Waals surface area contributed by atoms with E-state index in [0.29, 0.717) is 0 Å². The predicted octanol–water partition coefficient (Wildman–Crippen LogP) is 0.435. The zero-order valence-electron chi connectivity index (χ0n) is 10.5. The molecule has 1 atom stereocenters. The van der Waals surface area contributed by atoms with E-state index >= 15 is 0 Å². The molecule has 0 radical (unpaired) electrons. The second-order valence-corrected chi connectivity index (χ2v) is 6.00. The third-order valence-corrected chi connectivity index (χ3v) is 4.81. The summed E-state index contributed by atoms with van der Waals surface area (Å²) in [4.78, 5) is 23.9. The highest BCUT2D eigenvalue weighted by Crippen LogP contribution is 2.29. The summed E-state index contributed by atoms with van der Waals surface area (Å²) in [6.07, 6.45) is 0. The minimum atomic E-state index is -3.85. The molecule has 1 aromatic carbocycles. The number of esters is 1. The van der Waals surface area contributed by atoms with E-state index in [2.05, 4.69) is 0 Å². The Labute approximate surface area is 111 Å². The molecule has 0 saturated carbocycles. The number of hydrogen-bond donors (Lipinski definition) is 0. The van der Waals surface area contributed by atoms with E-state index in [1.807, 2.05) is 0 Å². The number of ether oxygens (including phenoxy) is 1. The lowest BCUT2D eigenvalue weighted by Gasteiger charge is -2.30. The average molecular weight is 283 g/mol. The molecule has 0 N–H and O–H groups in total. The van der Waals surface area contributed by atoms with Crippen LogP contribution >= 0.6 is 0 Å². The van der Waals surface area contributed by atoms with E-state index in [1.165, 1.54) is 25.2 Å². The topological polar surface area (TPSA) is 80.8 Å². The van der Waals surface area contributed by atoms with Crippen LogP contribution in [0.4, 0.5) is 0 Å². The summed E-state index contributed by atoms with van der Waals surface area (Å²) < 4.78 is 30.0. The number of carbonyl (C=O) groups excluding carboxylic acids is 2. The summed E-state index contributed by atoms with van der Waals surface area (Å²) in [5.41, 5.74) is 0.0265. The van der Waals surface area contributed by atoms with Gasteiger partial charge in [-0.15, -0.1) is 0 Å². The fraction of sp³-hybridized carbons (Fsp3) is 0.333. The highest BCUT2D eigenvalue weighted by Gasteiger charge is 2.45. The Bertz CT molecular complexity index is 637. The molecule has 19 heavy (non-hydrogen) atoms. The van der Waals surface area contributed by atoms with E-state index in [1.54, 1.807) is 13.0 Å². The summed E-state index contributed by atoms with van der Waals surface area (Å²) in [6, 6.07) is 4.39. The largest absolute Gasteiger partial charge is 0.464 e. The second-order valence-electron chi connectivity index (χ2n) is 4.04. The van der Waals surface area contributed by atoms with Gasteiger partial charge in [0.1, 0.15) is 0 Å². The Morgan fingerprint density at radius 3 is 2.63 bits per heavy atom. The van der Waals surface area contributed by atoms with Crippen LogP contribution in [0.5, 0.6) is 0 Å². The van der Waals surface area contributed by atoms with E-state index in [-0.39, 0.29) is 17.1 Å². The Hall–Kier alpha value is -1.73. The lowest BCUT2D eigenvalue weighted by Crippen LogP contribution is -2.52. The van der Waals surface area contributed by atoms with Crippen LogP contribution in [-0.4, -0.2) is 44.2 Å². The SMILES string of the molecule is CCOC(=O)[C@H]1C(=O)c2ccccc2S(=O)(=O)N1C. The van der Waals surface area contributed by atoms with Crippen molar-refractivity contribution in [2.45, 2.75) is 17.9 Å². The average Bonchev–Trinajstić information content (AvgIpc) is 2.37. The van der Waals surface area contributed by atoms with Gasteiger partial charge in [0.2, 0.25) is 10.0 Å². The summed E-state index contributed by atoms with van der Waals surface area (Å²) in [6.45, 7) is 1.67. The Balaban J connectivity index is 2.59. The third kappa shape index (κ3) is 2.04. The maximum absolute atomic E-state index is 12.2. The molecular weight excluding hydrogens is 270 g/mol. The molecule has 2 rings (SSSR count). The molecule has 0 amide bonds. The van der Waals surface area contributed by atoms with Crippen molar-refractivity contribution < 1.29 is 22.7 Å². The Kier molecular flexibility index (Phi) is 3.42. The maximum atomic E-state index is 12.2. The first-order valence-electron chi connectivity index (χ1n) is 5.69. The van der Waals surface area contributed by atoms with Crippen LogP contribution in [0.3, 0.4) is 0 Å². The highest BCUT2D eigenvalue weighted by atomic mass is 32.2. The van der Waals surface area contributed by atoms with Gasteiger partial charge in [0.15, 0.2) is 11.8 Å². The molecule has 0 bridgehead atoms. The lowest BCUT2D eigenvalue weighted by molar-refractivity contribution is -0.145. The molecule has 0 aromatic heterocycles. The number of rotatable bonds is 2. The first kappa shape index (κ1) is 13.7. The van der Waals surface area contributed by atoms with Gasteiger partial charge < -0.3 is 4.74 Å². The molecular formula is C12H13NO5S. The number of Topliss-reactive ketones (excluding diaryl/α,β-unsaturated/α-hetero) is 1. The van der Waals surface area contributed by atoms with Crippen molar-refractivity contribution in [1.29, 1.82) is 0 Å². The third-order valence-electron chi connectivity index (χ3n) is 2.93. The molecule has 1 heterocycles. The number of likely N-dealkylation sites (N-methyl/N-ethyl adjacent to an activating group) is 1. The number of sulfonamides is 1.